The molecule has 3 saturated carbocycles. The number of unbranched alkanes of at least 4 members (excludes halogenated alkanes) is 4. The Morgan fingerprint density at radius 1 is 0.706 bits per heavy atom. The zero-order valence-corrected chi connectivity index (χ0v) is 23.3. The second-order valence-electron chi connectivity index (χ2n) is 12.9. The van der Waals surface area contributed by atoms with E-state index in [-0.39, 0.29) is 11.4 Å². The van der Waals surface area contributed by atoms with Crippen molar-refractivity contribution in [2.75, 3.05) is 6.61 Å². The van der Waals surface area contributed by atoms with Crippen molar-refractivity contribution in [3.05, 3.63) is 0 Å². The molecular formula is C32H58O2. The van der Waals surface area contributed by atoms with E-state index in [1.807, 2.05) is 0 Å². The van der Waals surface area contributed by atoms with E-state index >= 15 is 0 Å². The number of hydrogen-bond donors (Lipinski definition) is 0. The molecular weight excluding hydrogens is 416 g/mol. The van der Waals surface area contributed by atoms with Gasteiger partial charge in [0.2, 0.25) is 0 Å². The molecule has 198 valence electrons. The summed E-state index contributed by atoms with van der Waals surface area (Å²) in [6, 6.07) is 0. The minimum absolute atomic E-state index is 0.165. The number of carbonyl (C=O) groups excluding carboxylic acids is 1. The Balaban J connectivity index is 1.51. The standard InChI is InChI=1S/C32H58O2/c1-4-6-7-8-9-25-34-31(33)32(22-19-28-15-13-27(10-5-2)14-16-28)23-20-30(21-24-32)29-17-11-26(3)12-18-29/h26-30H,4-25H2,1-3H3. The van der Waals surface area contributed by atoms with E-state index in [9.17, 15) is 4.79 Å². The SMILES string of the molecule is CCCCCCCOC(=O)C1(CCC2CCC(CCC)CC2)CCC(C2CCC(C)CC2)CC1. The van der Waals surface area contributed by atoms with Crippen LogP contribution in [0.1, 0.15) is 156 Å². The molecule has 0 aromatic heterocycles. The van der Waals surface area contributed by atoms with Crippen molar-refractivity contribution < 1.29 is 9.53 Å². The van der Waals surface area contributed by atoms with Gasteiger partial charge in [0, 0.05) is 0 Å². The van der Waals surface area contributed by atoms with Crippen LogP contribution in [-0.4, -0.2) is 12.6 Å². The van der Waals surface area contributed by atoms with E-state index < -0.39 is 0 Å². The van der Waals surface area contributed by atoms with Crippen LogP contribution in [0.25, 0.3) is 0 Å². The van der Waals surface area contributed by atoms with Crippen LogP contribution in [-0.2, 0) is 9.53 Å². The van der Waals surface area contributed by atoms with Gasteiger partial charge >= 0.3 is 5.97 Å². The highest BCUT2D eigenvalue weighted by atomic mass is 16.5. The highest BCUT2D eigenvalue weighted by Crippen LogP contribution is 2.49. The zero-order valence-electron chi connectivity index (χ0n) is 23.3. The van der Waals surface area contributed by atoms with Crippen LogP contribution in [0.2, 0.25) is 0 Å². The average molecular weight is 475 g/mol. The van der Waals surface area contributed by atoms with Gasteiger partial charge in [-0.2, -0.15) is 0 Å². The van der Waals surface area contributed by atoms with Crippen molar-refractivity contribution in [1.29, 1.82) is 0 Å². The van der Waals surface area contributed by atoms with Crippen LogP contribution >= 0.6 is 0 Å². The van der Waals surface area contributed by atoms with Crippen LogP contribution in [0.5, 0.6) is 0 Å². The third-order valence-electron chi connectivity index (χ3n) is 10.3. The Morgan fingerprint density at radius 3 is 1.91 bits per heavy atom. The quantitative estimate of drug-likeness (QED) is 0.196. The lowest BCUT2D eigenvalue weighted by Crippen LogP contribution is -2.39. The summed E-state index contributed by atoms with van der Waals surface area (Å²) in [7, 11) is 0. The maximum absolute atomic E-state index is 13.5. The number of ether oxygens (including phenoxy) is 1. The van der Waals surface area contributed by atoms with Gasteiger partial charge in [-0.05, 0) is 87.4 Å². The molecule has 2 nitrogen and oxygen atoms in total. The summed E-state index contributed by atoms with van der Waals surface area (Å²) in [5.74, 6) is 4.73. The Bertz CT molecular complexity index is 545. The molecule has 0 aromatic carbocycles. The molecule has 0 saturated heterocycles. The summed E-state index contributed by atoms with van der Waals surface area (Å²) in [6.07, 6.45) is 27.3. The van der Waals surface area contributed by atoms with Gasteiger partial charge in [0.05, 0.1) is 12.0 Å². The minimum Gasteiger partial charge on any atom is -0.465 e. The lowest BCUT2D eigenvalue weighted by molar-refractivity contribution is -0.160. The Kier molecular flexibility index (Phi) is 12.3. The molecule has 3 fully saturated rings. The van der Waals surface area contributed by atoms with Gasteiger partial charge in [0.1, 0.15) is 0 Å². The Labute approximate surface area is 212 Å². The molecule has 0 spiro atoms. The van der Waals surface area contributed by atoms with Gasteiger partial charge < -0.3 is 4.74 Å². The van der Waals surface area contributed by atoms with E-state index in [1.54, 1.807) is 0 Å². The number of esters is 1. The van der Waals surface area contributed by atoms with Gasteiger partial charge in [0.15, 0.2) is 0 Å². The highest BCUT2D eigenvalue weighted by Gasteiger charge is 2.44. The number of carbonyl (C=O) groups is 1. The maximum Gasteiger partial charge on any atom is 0.312 e. The molecule has 2 heteroatoms. The van der Waals surface area contributed by atoms with Gasteiger partial charge in [-0.15, -0.1) is 0 Å². The van der Waals surface area contributed by atoms with Crippen molar-refractivity contribution in [3.63, 3.8) is 0 Å². The van der Waals surface area contributed by atoms with Gasteiger partial charge in [0.25, 0.3) is 0 Å². The normalized spacial score (nSPS) is 34.6. The molecule has 0 unspecified atom stereocenters. The average Bonchev–Trinajstić information content (AvgIpc) is 2.86. The third kappa shape index (κ3) is 8.55. The van der Waals surface area contributed by atoms with E-state index in [0.29, 0.717) is 6.61 Å². The third-order valence-corrected chi connectivity index (χ3v) is 10.3. The van der Waals surface area contributed by atoms with Crippen LogP contribution in [0.3, 0.4) is 0 Å². The monoisotopic (exact) mass is 474 g/mol. The van der Waals surface area contributed by atoms with E-state index in [1.165, 1.54) is 109 Å². The maximum atomic E-state index is 13.5. The summed E-state index contributed by atoms with van der Waals surface area (Å²) >= 11 is 0. The summed E-state index contributed by atoms with van der Waals surface area (Å²) < 4.78 is 6.01. The molecule has 0 aromatic rings. The summed E-state index contributed by atoms with van der Waals surface area (Å²) in [6.45, 7) is 7.66. The van der Waals surface area contributed by atoms with E-state index in [4.69, 9.17) is 4.74 Å². The lowest BCUT2D eigenvalue weighted by Gasteiger charge is -2.43. The second kappa shape index (κ2) is 14.9. The molecule has 3 rings (SSSR count). The fourth-order valence-corrected chi connectivity index (χ4v) is 7.70. The van der Waals surface area contributed by atoms with Gasteiger partial charge in [-0.25, -0.2) is 0 Å². The second-order valence-corrected chi connectivity index (χ2v) is 12.9. The predicted octanol–water partition coefficient (Wildman–Crippen LogP) is 9.89. The van der Waals surface area contributed by atoms with Crippen molar-refractivity contribution in [2.24, 2.45) is 35.0 Å². The van der Waals surface area contributed by atoms with Crippen molar-refractivity contribution in [2.45, 2.75) is 156 Å². The first-order chi connectivity index (χ1) is 16.6. The molecule has 0 aliphatic heterocycles. The van der Waals surface area contributed by atoms with Crippen LogP contribution in [0, 0.1) is 35.0 Å². The first kappa shape index (κ1) is 28.0. The smallest absolute Gasteiger partial charge is 0.312 e. The minimum atomic E-state index is -0.165. The van der Waals surface area contributed by atoms with Crippen molar-refractivity contribution in [3.8, 4) is 0 Å². The summed E-state index contributed by atoms with van der Waals surface area (Å²) in [5.41, 5.74) is -0.165. The molecule has 0 atom stereocenters. The fourth-order valence-electron chi connectivity index (χ4n) is 7.70. The molecule has 0 radical (unpaired) electrons. The highest BCUT2D eigenvalue weighted by molar-refractivity contribution is 5.77. The first-order valence-corrected chi connectivity index (χ1v) is 15.7. The number of rotatable bonds is 13. The van der Waals surface area contributed by atoms with E-state index in [2.05, 4.69) is 20.8 Å². The van der Waals surface area contributed by atoms with Crippen molar-refractivity contribution >= 4 is 5.97 Å². The van der Waals surface area contributed by atoms with Gasteiger partial charge in [-0.3, -0.25) is 4.79 Å². The summed E-state index contributed by atoms with van der Waals surface area (Å²) in [4.78, 5) is 13.5. The molecule has 34 heavy (non-hydrogen) atoms. The molecule has 3 aliphatic carbocycles. The topological polar surface area (TPSA) is 26.3 Å². The van der Waals surface area contributed by atoms with Crippen LogP contribution in [0.4, 0.5) is 0 Å². The van der Waals surface area contributed by atoms with Crippen LogP contribution in [0.15, 0.2) is 0 Å². The molecule has 0 amide bonds. The van der Waals surface area contributed by atoms with E-state index in [0.717, 1.165) is 55.3 Å². The molecule has 0 heterocycles. The largest absolute Gasteiger partial charge is 0.465 e. The number of hydrogen-bond acceptors (Lipinski definition) is 2. The molecule has 0 bridgehead atoms. The van der Waals surface area contributed by atoms with Crippen LogP contribution < -0.4 is 0 Å². The lowest BCUT2D eigenvalue weighted by atomic mass is 9.62. The van der Waals surface area contributed by atoms with Crippen molar-refractivity contribution in [1.82, 2.24) is 0 Å². The van der Waals surface area contributed by atoms with Gasteiger partial charge in [-0.1, -0.05) is 97.8 Å². The first-order valence-electron chi connectivity index (χ1n) is 15.7. The summed E-state index contributed by atoms with van der Waals surface area (Å²) in [5, 5.41) is 0. The fraction of sp³-hybridized carbons (Fsp3) is 0.969. The molecule has 0 N–H and O–H groups in total. The Hall–Kier alpha value is -0.530. The Morgan fingerprint density at radius 2 is 1.29 bits per heavy atom. The predicted molar refractivity (Wildman–Crippen MR) is 145 cm³/mol. The zero-order chi connectivity index (χ0) is 24.2. The molecule has 3 aliphatic rings.